The molecule has 4 rings (SSSR count). The summed E-state index contributed by atoms with van der Waals surface area (Å²) in [5.41, 5.74) is 1.42. The third-order valence-corrected chi connectivity index (χ3v) is 4.54. The van der Waals surface area contributed by atoms with Crippen LogP contribution in [-0.2, 0) is 4.74 Å². The number of nitrogens with zero attached hydrogens (tertiary/aromatic N) is 4. The zero-order valence-corrected chi connectivity index (χ0v) is 15.5. The van der Waals surface area contributed by atoms with E-state index in [1.165, 1.54) is 0 Å². The maximum Gasteiger partial charge on any atom is 0.293 e. The van der Waals surface area contributed by atoms with Gasteiger partial charge in [-0.2, -0.15) is 0 Å². The Morgan fingerprint density at radius 3 is 2.37 bits per heavy atom. The summed E-state index contributed by atoms with van der Waals surface area (Å²) < 4.78 is 7.44. The van der Waals surface area contributed by atoms with Crippen molar-refractivity contribution in [2.75, 3.05) is 19.7 Å². The quantitative estimate of drug-likeness (QED) is 0.718. The number of ether oxygens (including phenoxy) is 1. The van der Waals surface area contributed by atoms with Gasteiger partial charge in [-0.15, -0.1) is 5.10 Å². The second-order valence-electron chi connectivity index (χ2n) is 7.21. The molecule has 6 nitrogen and oxygen atoms in total. The van der Waals surface area contributed by atoms with Gasteiger partial charge in [-0.1, -0.05) is 48.5 Å². The summed E-state index contributed by atoms with van der Waals surface area (Å²) in [5.74, 6) is 0.686. The van der Waals surface area contributed by atoms with Gasteiger partial charge in [0.15, 0.2) is 5.82 Å². The van der Waals surface area contributed by atoms with Gasteiger partial charge < -0.3 is 9.64 Å². The van der Waals surface area contributed by atoms with Gasteiger partial charge in [0.2, 0.25) is 5.82 Å². The van der Waals surface area contributed by atoms with Crippen molar-refractivity contribution in [2.45, 2.75) is 19.4 Å². The molecule has 0 N–H and O–H groups in total. The Hall–Kier alpha value is -2.99. The van der Waals surface area contributed by atoms with E-state index >= 15 is 0 Å². The number of amides is 1. The number of carbonyl (C=O) groups excluding carboxylic acids is 1. The van der Waals surface area contributed by atoms with Crippen molar-refractivity contribution in [1.82, 2.24) is 19.7 Å². The standard InChI is InChI=1S/C21H22N4O2/c1-21(2)15-24(13-14-27-21)20(26)18-22-19(16-9-5-3-6-10-16)25(23-18)17-11-7-4-8-12-17/h3-12H,13-15H2,1-2H3. The van der Waals surface area contributed by atoms with Crippen LogP contribution < -0.4 is 0 Å². The third-order valence-electron chi connectivity index (χ3n) is 4.54. The first kappa shape index (κ1) is 17.4. The van der Waals surface area contributed by atoms with E-state index in [9.17, 15) is 4.79 Å². The fourth-order valence-corrected chi connectivity index (χ4v) is 3.26. The van der Waals surface area contributed by atoms with E-state index in [0.29, 0.717) is 25.5 Å². The highest BCUT2D eigenvalue weighted by atomic mass is 16.5. The molecule has 0 saturated carbocycles. The van der Waals surface area contributed by atoms with Crippen LogP contribution in [0.25, 0.3) is 17.1 Å². The molecule has 1 amide bonds. The topological polar surface area (TPSA) is 60.2 Å². The molecule has 1 fully saturated rings. The van der Waals surface area contributed by atoms with Crippen LogP contribution in [-0.4, -0.2) is 50.9 Å². The van der Waals surface area contributed by atoms with E-state index in [4.69, 9.17) is 4.74 Å². The number of benzene rings is 2. The average Bonchev–Trinajstić information content (AvgIpc) is 3.13. The summed E-state index contributed by atoms with van der Waals surface area (Å²) in [6.45, 7) is 5.55. The van der Waals surface area contributed by atoms with Crippen molar-refractivity contribution in [1.29, 1.82) is 0 Å². The molecule has 0 radical (unpaired) electrons. The van der Waals surface area contributed by atoms with Crippen molar-refractivity contribution in [3.05, 3.63) is 66.5 Å². The lowest BCUT2D eigenvalue weighted by Crippen LogP contribution is -2.50. The van der Waals surface area contributed by atoms with Crippen LogP contribution in [0.5, 0.6) is 0 Å². The molecule has 27 heavy (non-hydrogen) atoms. The predicted octanol–water partition coefficient (Wildman–Crippen LogP) is 3.19. The Bertz CT molecular complexity index is 878. The van der Waals surface area contributed by atoms with E-state index < -0.39 is 0 Å². The molecule has 3 aromatic rings. The largest absolute Gasteiger partial charge is 0.372 e. The van der Waals surface area contributed by atoms with Gasteiger partial charge in [0.25, 0.3) is 5.91 Å². The third kappa shape index (κ3) is 3.61. The predicted molar refractivity (Wildman–Crippen MR) is 103 cm³/mol. The Kier molecular flexibility index (Phi) is 4.49. The lowest BCUT2D eigenvalue weighted by Gasteiger charge is -2.37. The first-order valence-corrected chi connectivity index (χ1v) is 9.05. The Labute approximate surface area is 158 Å². The SMILES string of the molecule is CC1(C)CN(C(=O)c2nc(-c3ccccc3)n(-c3ccccc3)n2)CCO1. The van der Waals surface area contributed by atoms with E-state index in [2.05, 4.69) is 10.1 Å². The highest BCUT2D eigenvalue weighted by Crippen LogP contribution is 2.23. The Morgan fingerprint density at radius 1 is 1.04 bits per heavy atom. The normalized spacial score (nSPS) is 16.3. The number of carbonyl (C=O) groups is 1. The first-order chi connectivity index (χ1) is 13.0. The number of morpholine rings is 1. The minimum atomic E-state index is -0.363. The van der Waals surface area contributed by atoms with Gasteiger partial charge in [0.1, 0.15) is 0 Å². The van der Waals surface area contributed by atoms with Crippen LogP contribution in [0.4, 0.5) is 0 Å². The molecule has 0 bridgehead atoms. The van der Waals surface area contributed by atoms with Gasteiger partial charge in [0, 0.05) is 18.7 Å². The maximum absolute atomic E-state index is 13.0. The molecular weight excluding hydrogens is 340 g/mol. The molecule has 0 aliphatic carbocycles. The van der Waals surface area contributed by atoms with E-state index in [0.717, 1.165) is 11.3 Å². The number of aromatic nitrogens is 3. The lowest BCUT2D eigenvalue weighted by atomic mass is 10.1. The van der Waals surface area contributed by atoms with Crippen LogP contribution in [0, 0.1) is 0 Å². The molecule has 138 valence electrons. The van der Waals surface area contributed by atoms with Crippen molar-refractivity contribution in [3.63, 3.8) is 0 Å². The molecule has 2 aromatic carbocycles. The van der Waals surface area contributed by atoms with Crippen LogP contribution in [0.3, 0.4) is 0 Å². The summed E-state index contributed by atoms with van der Waals surface area (Å²) in [6.07, 6.45) is 0. The number of rotatable bonds is 3. The molecule has 1 aliphatic heterocycles. The van der Waals surface area contributed by atoms with Gasteiger partial charge >= 0.3 is 0 Å². The fourth-order valence-electron chi connectivity index (χ4n) is 3.26. The minimum Gasteiger partial charge on any atom is -0.372 e. The molecule has 0 spiro atoms. The van der Waals surface area contributed by atoms with Gasteiger partial charge in [0.05, 0.1) is 17.9 Å². The molecule has 1 saturated heterocycles. The monoisotopic (exact) mass is 362 g/mol. The maximum atomic E-state index is 13.0. The van der Waals surface area contributed by atoms with Crippen LogP contribution >= 0.6 is 0 Å². The van der Waals surface area contributed by atoms with Gasteiger partial charge in [-0.05, 0) is 26.0 Å². The lowest BCUT2D eigenvalue weighted by molar-refractivity contribution is -0.0766. The smallest absolute Gasteiger partial charge is 0.293 e. The van der Waals surface area contributed by atoms with Crippen molar-refractivity contribution in [2.24, 2.45) is 0 Å². The highest BCUT2D eigenvalue weighted by Gasteiger charge is 2.32. The summed E-state index contributed by atoms with van der Waals surface area (Å²) >= 11 is 0. The van der Waals surface area contributed by atoms with E-state index in [-0.39, 0.29) is 17.3 Å². The number of hydrogen-bond donors (Lipinski definition) is 0. The van der Waals surface area contributed by atoms with Crippen LogP contribution in [0.15, 0.2) is 60.7 Å². The molecule has 6 heteroatoms. The summed E-state index contributed by atoms with van der Waals surface area (Å²) in [5, 5.41) is 4.55. The van der Waals surface area contributed by atoms with Crippen molar-refractivity contribution >= 4 is 5.91 Å². The molecule has 1 aromatic heterocycles. The first-order valence-electron chi connectivity index (χ1n) is 9.05. The Morgan fingerprint density at radius 2 is 1.70 bits per heavy atom. The second kappa shape index (κ2) is 6.96. The zero-order valence-electron chi connectivity index (χ0n) is 15.5. The number of para-hydroxylation sites is 1. The molecule has 1 aliphatic rings. The summed E-state index contributed by atoms with van der Waals surface area (Å²) in [6, 6.07) is 19.5. The van der Waals surface area contributed by atoms with Gasteiger partial charge in [-0.3, -0.25) is 4.79 Å². The van der Waals surface area contributed by atoms with Crippen LogP contribution in [0.1, 0.15) is 24.5 Å². The molecular formula is C21H22N4O2. The van der Waals surface area contributed by atoms with Crippen molar-refractivity contribution in [3.8, 4) is 17.1 Å². The molecule has 0 atom stereocenters. The fraction of sp³-hybridized carbons (Fsp3) is 0.286. The minimum absolute atomic E-state index is 0.168. The second-order valence-corrected chi connectivity index (χ2v) is 7.21. The van der Waals surface area contributed by atoms with Gasteiger partial charge in [-0.25, -0.2) is 9.67 Å². The van der Waals surface area contributed by atoms with E-state index in [1.54, 1.807) is 9.58 Å². The molecule has 2 heterocycles. The van der Waals surface area contributed by atoms with Crippen LogP contribution in [0.2, 0.25) is 0 Å². The Balaban J connectivity index is 1.74. The number of hydrogen-bond acceptors (Lipinski definition) is 4. The zero-order chi connectivity index (χ0) is 18.9. The van der Waals surface area contributed by atoms with E-state index in [1.807, 2.05) is 74.5 Å². The van der Waals surface area contributed by atoms with Crippen molar-refractivity contribution < 1.29 is 9.53 Å². The summed E-state index contributed by atoms with van der Waals surface area (Å²) in [7, 11) is 0. The highest BCUT2D eigenvalue weighted by molar-refractivity contribution is 5.91. The summed E-state index contributed by atoms with van der Waals surface area (Å²) in [4.78, 5) is 19.4. The average molecular weight is 362 g/mol. The molecule has 0 unspecified atom stereocenters.